The van der Waals surface area contributed by atoms with Crippen molar-refractivity contribution < 1.29 is 13.2 Å². The zero-order valence-corrected chi connectivity index (χ0v) is 13.1. The first kappa shape index (κ1) is 15.0. The molecule has 114 valence electrons. The third-order valence-corrected chi connectivity index (χ3v) is 5.94. The molecule has 0 spiro atoms. The Kier molecular flexibility index (Phi) is 4.12. The Labute approximate surface area is 130 Å². The van der Waals surface area contributed by atoms with Crippen LogP contribution in [0.15, 0.2) is 54.6 Å². The van der Waals surface area contributed by atoms with E-state index in [2.05, 4.69) is 0 Å². The Morgan fingerprint density at radius 3 is 2.18 bits per heavy atom. The fourth-order valence-electron chi connectivity index (χ4n) is 2.91. The van der Waals surface area contributed by atoms with Crippen molar-refractivity contribution in [1.29, 1.82) is 0 Å². The minimum atomic E-state index is -2.83. The van der Waals surface area contributed by atoms with E-state index in [9.17, 15) is 13.2 Å². The highest BCUT2D eigenvalue weighted by atomic mass is 32.2. The number of benzene rings is 2. The van der Waals surface area contributed by atoms with E-state index >= 15 is 0 Å². The first-order valence-corrected chi connectivity index (χ1v) is 9.25. The molecule has 1 aliphatic heterocycles. The van der Waals surface area contributed by atoms with Gasteiger partial charge in [-0.2, -0.15) is 0 Å². The fourth-order valence-corrected chi connectivity index (χ4v) is 4.78. The van der Waals surface area contributed by atoms with Crippen LogP contribution in [-0.4, -0.2) is 25.7 Å². The van der Waals surface area contributed by atoms with Crippen LogP contribution in [0, 0.1) is 5.92 Å². The number of hydrogen-bond acceptors (Lipinski definition) is 3. The number of sulfone groups is 1. The van der Waals surface area contributed by atoms with Crippen molar-refractivity contribution in [2.75, 3.05) is 11.5 Å². The first-order valence-electron chi connectivity index (χ1n) is 7.43. The van der Waals surface area contributed by atoms with Crippen molar-refractivity contribution in [2.45, 2.75) is 12.8 Å². The van der Waals surface area contributed by atoms with E-state index in [1.165, 1.54) is 0 Å². The highest BCUT2D eigenvalue weighted by Gasteiger charge is 2.27. The van der Waals surface area contributed by atoms with E-state index in [4.69, 9.17) is 0 Å². The largest absolute Gasteiger partial charge is 0.289 e. The van der Waals surface area contributed by atoms with Crippen LogP contribution in [0.4, 0.5) is 0 Å². The molecule has 0 aromatic heterocycles. The highest BCUT2D eigenvalue weighted by Crippen LogP contribution is 2.23. The monoisotopic (exact) mass is 314 g/mol. The second-order valence-electron chi connectivity index (χ2n) is 5.87. The van der Waals surface area contributed by atoms with Crippen LogP contribution in [0.1, 0.15) is 27.9 Å². The smallest absolute Gasteiger partial charge is 0.193 e. The maximum Gasteiger partial charge on any atom is 0.193 e. The van der Waals surface area contributed by atoms with Gasteiger partial charge >= 0.3 is 0 Å². The van der Waals surface area contributed by atoms with Crippen molar-refractivity contribution in [3.63, 3.8) is 0 Å². The van der Waals surface area contributed by atoms with E-state index in [1.807, 2.05) is 42.5 Å². The summed E-state index contributed by atoms with van der Waals surface area (Å²) >= 11 is 0. The standard InChI is InChI=1S/C18H18O3S/c19-18(16-4-2-1-3-5-16)17-8-6-14(7-9-17)12-15-10-11-22(20,21)13-15/h1-9,15H,10-13H2. The lowest BCUT2D eigenvalue weighted by Crippen LogP contribution is -2.08. The quantitative estimate of drug-likeness (QED) is 0.815. The van der Waals surface area contributed by atoms with Gasteiger partial charge in [-0.05, 0) is 24.3 Å². The maximum absolute atomic E-state index is 12.3. The number of carbonyl (C=O) groups is 1. The summed E-state index contributed by atoms with van der Waals surface area (Å²) in [5, 5.41) is 0. The lowest BCUT2D eigenvalue weighted by Gasteiger charge is -2.08. The number of rotatable bonds is 4. The second kappa shape index (κ2) is 6.05. The van der Waals surface area contributed by atoms with Gasteiger partial charge < -0.3 is 0 Å². The molecule has 0 saturated carbocycles. The minimum absolute atomic E-state index is 0.00981. The van der Waals surface area contributed by atoms with E-state index in [-0.39, 0.29) is 17.5 Å². The molecule has 0 amide bonds. The van der Waals surface area contributed by atoms with E-state index < -0.39 is 9.84 Å². The summed E-state index contributed by atoms with van der Waals surface area (Å²) in [6.07, 6.45) is 1.51. The molecule has 1 unspecified atom stereocenters. The molecule has 22 heavy (non-hydrogen) atoms. The second-order valence-corrected chi connectivity index (χ2v) is 8.09. The molecule has 0 bridgehead atoms. The molecule has 0 N–H and O–H groups in total. The van der Waals surface area contributed by atoms with Gasteiger partial charge in [-0.15, -0.1) is 0 Å². The van der Waals surface area contributed by atoms with Crippen molar-refractivity contribution in [2.24, 2.45) is 5.92 Å². The Balaban J connectivity index is 1.69. The third kappa shape index (κ3) is 3.45. The molecule has 2 aromatic rings. The predicted octanol–water partition coefficient (Wildman–Crippen LogP) is 2.89. The van der Waals surface area contributed by atoms with Crippen LogP contribution < -0.4 is 0 Å². The summed E-state index contributed by atoms with van der Waals surface area (Å²) in [5.41, 5.74) is 2.43. The van der Waals surface area contributed by atoms with Crippen molar-refractivity contribution >= 4 is 15.6 Å². The molecule has 4 heteroatoms. The van der Waals surface area contributed by atoms with Crippen LogP contribution >= 0.6 is 0 Å². The Morgan fingerprint density at radius 2 is 1.59 bits per heavy atom. The molecule has 1 heterocycles. The lowest BCUT2D eigenvalue weighted by atomic mass is 9.96. The number of carbonyl (C=O) groups excluding carboxylic acids is 1. The van der Waals surface area contributed by atoms with Crippen molar-refractivity contribution in [3.05, 3.63) is 71.3 Å². The molecular weight excluding hydrogens is 296 g/mol. The van der Waals surface area contributed by atoms with Gasteiger partial charge in [0.25, 0.3) is 0 Å². The molecule has 3 nitrogen and oxygen atoms in total. The SMILES string of the molecule is O=C(c1ccccc1)c1ccc(CC2CCS(=O)(=O)C2)cc1. The van der Waals surface area contributed by atoms with Gasteiger partial charge in [-0.25, -0.2) is 8.42 Å². The molecule has 0 aliphatic carbocycles. The van der Waals surface area contributed by atoms with Gasteiger partial charge in [0, 0.05) is 11.1 Å². The normalized spacial score (nSPS) is 19.9. The molecule has 1 aliphatic rings. The molecule has 3 rings (SSSR count). The summed E-state index contributed by atoms with van der Waals surface area (Å²) in [6, 6.07) is 16.7. The van der Waals surface area contributed by atoms with Crippen molar-refractivity contribution in [1.82, 2.24) is 0 Å². The molecule has 1 atom stereocenters. The zero-order chi connectivity index (χ0) is 15.6. The fraction of sp³-hybridized carbons (Fsp3) is 0.278. The summed E-state index contributed by atoms with van der Waals surface area (Å²) in [4.78, 5) is 12.3. The average Bonchev–Trinajstić information content (AvgIpc) is 2.87. The summed E-state index contributed by atoms with van der Waals surface area (Å²) in [5.74, 6) is 0.816. The molecule has 1 saturated heterocycles. The van der Waals surface area contributed by atoms with Crippen molar-refractivity contribution in [3.8, 4) is 0 Å². The van der Waals surface area contributed by atoms with E-state index in [0.29, 0.717) is 16.9 Å². The van der Waals surface area contributed by atoms with Crippen LogP contribution in [0.25, 0.3) is 0 Å². The topological polar surface area (TPSA) is 51.2 Å². The number of hydrogen-bond donors (Lipinski definition) is 0. The summed E-state index contributed by atoms with van der Waals surface area (Å²) in [6.45, 7) is 0. The summed E-state index contributed by atoms with van der Waals surface area (Å²) in [7, 11) is -2.83. The Hall–Kier alpha value is -1.94. The zero-order valence-electron chi connectivity index (χ0n) is 12.2. The first-order chi connectivity index (χ1) is 10.5. The van der Waals surface area contributed by atoms with E-state index in [1.54, 1.807) is 12.1 Å². The average molecular weight is 314 g/mol. The maximum atomic E-state index is 12.3. The Bertz CT molecular complexity index is 762. The molecule has 1 fully saturated rings. The van der Waals surface area contributed by atoms with Crippen LogP contribution in [0.5, 0.6) is 0 Å². The van der Waals surface area contributed by atoms with Crippen LogP contribution in [-0.2, 0) is 16.3 Å². The molecule has 2 aromatic carbocycles. The minimum Gasteiger partial charge on any atom is -0.289 e. The number of ketones is 1. The van der Waals surface area contributed by atoms with Gasteiger partial charge in [-0.1, -0.05) is 54.6 Å². The van der Waals surface area contributed by atoms with Gasteiger partial charge in [-0.3, -0.25) is 4.79 Å². The van der Waals surface area contributed by atoms with Gasteiger partial charge in [0.05, 0.1) is 11.5 Å². The summed E-state index contributed by atoms with van der Waals surface area (Å²) < 4.78 is 23.0. The van der Waals surface area contributed by atoms with Gasteiger partial charge in [0.2, 0.25) is 0 Å². The predicted molar refractivity (Wildman–Crippen MR) is 86.8 cm³/mol. The third-order valence-electron chi connectivity index (χ3n) is 4.10. The molecule has 0 radical (unpaired) electrons. The Morgan fingerprint density at radius 1 is 0.955 bits per heavy atom. The van der Waals surface area contributed by atoms with Crippen LogP contribution in [0.2, 0.25) is 0 Å². The van der Waals surface area contributed by atoms with Gasteiger partial charge in [0.1, 0.15) is 0 Å². The van der Waals surface area contributed by atoms with Crippen LogP contribution in [0.3, 0.4) is 0 Å². The van der Waals surface area contributed by atoms with Gasteiger partial charge in [0.15, 0.2) is 15.6 Å². The van der Waals surface area contributed by atoms with E-state index in [0.717, 1.165) is 18.4 Å². The highest BCUT2D eigenvalue weighted by molar-refractivity contribution is 7.91. The molecular formula is C18H18O3S. The lowest BCUT2D eigenvalue weighted by molar-refractivity contribution is 0.103.